The summed E-state index contributed by atoms with van der Waals surface area (Å²) in [5.74, 6) is -0.317. The summed E-state index contributed by atoms with van der Waals surface area (Å²) in [5.41, 5.74) is 0.576. The minimum absolute atomic E-state index is 0.166. The van der Waals surface area contributed by atoms with Crippen molar-refractivity contribution in [3.05, 3.63) is 33.7 Å². The minimum atomic E-state index is -0.339. The number of amides is 1. The fraction of sp³-hybridized carbons (Fsp3) is 0.500. The molecule has 5 heteroatoms. The van der Waals surface area contributed by atoms with Crippen LogP contribution in [0.2, 0.25) is 0 Å². The smallest absolute Gasteiger partial charge is 0.260 e. The number of carbonyl (C=O) groups is 1. The Kier molecular flexibility index (Phi) is 5.42. The zero-order chi connectivity index (χ0) is 12.7. The van der Waals surface area contributed by atoms with E-state index in [0.717, 1.165) is 25.2 Å². The summed E-state index contributed by atoms with van der Waals surface area (Å²) in [5, 5.41) is 5.88. The lowest BCUT2D eigenvalue weighted by molar-refractivity contribution is 0.0951. The number of aryl methyl sites for hydroxylation is 1. The van der Waals surface area contributed by atoms with Gasteiger partial charge in [-0.2, -0.15) is 0 Å². The van der Waals surface area contributed by atoms with Crippen LogP contribution >= 0.6 is 0 Å². The maximum absolute atomic E-state index is 11.7. The van der Waals surface area contributed by atoms with Crippen molar-refractivity contribution in [2.24, 2.45) is 0 Å². The first-order chi connectivity index (χ1) is 8.15. The number of hydrogen-bond acceptors (Lipinski definition) is 3. The van der Waals surface area contributed by atoms with Crippen LogP contribution in [0, 0.1) is 6.92 Å². The molecule has 0 aliphatic carbocycles. The third-order valence-corrected chi connectivity index (χ3v) is 2.37. The van der Waals surface area contributed by atoms with Crippen LogP contribution in [0.15, 0.2) is 16.9 Å². The van der Waals surface area contributed by atoms with Gasteiger partial charge in [-0.25, -0.2) is 0 Å². The second-order valence-electron chi connectivity index (χ2n) is 3.85. The van der Waals surface area contributed by atoms with Crippen LogP contribution in [-0.4, -0.2) is 30.5 Å². The second-order valence-corrected chi connectivity index (χ2v) is 3.85. The molecule has 3 N–H and O–H groups in total. The molecule has 0 spiro atoms. The van der Waals surface area contributed by atoms with E-state index in [4.69, 9.17) is 0 Å². The first-order valence-corrected chi connectivity index (χ1v) is 5.84. The van der Waals surface area contributed by atoms with Gasteiger partial charge in [0.2, 0.25) is 0 Å². The number of rotatable bonds is 6. The van der Waals surface area contributed by atoms with Crippen LogP contribution < -0.4 is 16.2 Å². The molecule has 0 radical (unpaired) electrons. The molecule has 94 valence electrons. The van der Waals surface area contributed by atoms with Crippen molar-refractivity contribution in [3.63, 3.8) is 0 Å². The minimum Gasteiger partial charge on any atom is -0.352 e. The van der Waals surface area contributed by atoms with Gasteiger partial charge in [-0.3, -0.25) is 9.59 Å². The number of aromatic nitrogens is 1. The Morgan fingerprint density at radius 1 is 1.35 bits per heavy atom. The van der Waals surface area contributed by atoms with Crippen LogP contribution in [0.5, 0.6) is 0 Å². The summed E-state index contributed by atoms with van der Waals surface area (Å²) in [7, 11) is 0. The molecule has 0 aliphatic heterocycles. The van der Waals surface area contributed by atoms with Gasteiger partial charge in [-0.05, 0) is 38.6 Å². The lowest BCUT2D eigenvalue weighted by atomic mass is 10.2. The zero-order valence-electron chi connectivity index (χ0n) is 10.3. The molecule has 1 rings (SSSR count). The van der Waals surface area contributed by atoms with Crippen molar-refractivity contribution in [2.75, 3.05) is 19.6 Å². The summed E-state index contributed by atoms with van der Waals surface area (Å²) >= 11 is 0. The van der Waals surface area contributed by atoms with E-state index in [2.05, 4.69) is 15.6 Å². The SMILES string of the molecule is CCNCCCNC(=O)c1ccc(C)[nH]c1=O. The molecular weight excluding hydrogens is 218 g/mol. The summed E-state index contributed by atoms with van der Waals surface area (Å²) in [6.07, 6.45) is 0.851. The van der Waals surface area contributed by atoms with Crippen molar-refractivity contribution in [1.82, 2.24) is 15.6 Å². The monoisotopic (exact) mass is 237 g/mol. The first-order valence-electron chi connectivity index (χ1n) is 5.84. The van der Waals surface area contributed by atoms with Gasteiger partial charge in [0.1, 0.15) is 5.56 Å². The van der Waals surface area contributed by atoms with E-state index < -0.39 is 0 Å². The number of carbonyl (C=O) groups excluding carboxylic acids is 1. The molecule has 0 fully saturated rings. The average Bonchev–Trinajstić information content (AvgIpc) is 2.28. The maximum atomic E-state index is 11.7. The molecule has 5 nitrogen and oxygen atoms in total. The molecular formula is C12H19N3O2. The van der Waals surface area contributed by atoms with Crippen LogP contribution in [0.3, 0.4) is 0 Å². The summed E-state index contributed by atoms with van der Waals surface area (Å²) in [4.78, 5) is 25.7. The lowest BCUT2D eigenvalue weighted by Crippen LogP contribution is -2.31. The first kappa shape index (κ1) is 13.4. The average molecular weight is 237 g/mol. The van der Waals surface area contributed by atoms with Gasteiger partial charge in [0.05, 0.1) is 0 Å². The normalized spacial score (nSPS) is 10.2. The maximum Gasteiger partial charge on any atom is 0.260 e. The Bertz CT molecular complexity index is 426. The zero-order valence-corrected chi connectivity index (χ0v) is 10.3. The Labute approximate surface area is 101 Å². The van der Waals surface area contributed by atoms with Crippen molar-refractivity contribution in [1.29, 1.82) is 0 Å². The van der Waals surface area contributed by atoms with E-state index in [1.807, 2.05) is 6.92 Å². The van der Waals surface area contributed by atoms with Crippen LogP contribution in [0.25, 0.3) is 0 Å². The molecule has 1 amide bonds. The molecule has 0 atom stereocenters. The van der Waals surface area contributed by atoms with Crippen LogP contribution in [-0.2, 0) is 0 Å². The third kappa shape index (κ3) is 4.40. The summed E-state index contributed by atoms with van der Waals surface area (Å²) in [6.45, 7) is 6.16. The fourth-order valence-electron chi connectivity index (χ4n) is 1.44. The highest BCUT2D eigenvalue weighted by Gasteiger charge is 2.08. The van der Waals surface area contributed by atoms with Gasteiger partial charge in [0.25, 0.3) is 11.5 Å². The van der Waals surface area contributed by atoms with Crippen molar-refractivity contribution < 1.29 is 4.79 Å². The van der Waals surface area contributed by atoms with Crippen molar-refractivity contribution in [2.45, 2.75) is 20.3 Å². The fourth-order valence-corrected chi connectivity index (χ4v) is 1.44. The van der Waals surface area contributed by atoms with Gasteiger partial charge in [-0.1, -0.05) is 6.92 Å². The number of aromatic amines is 1. The highest BCUT2D eigenvalue weighted by molar-refractivity contribution is 5.93. The standard InChI is InChI=1S/C12H19N3O2/c1-3-13-7-4-8-14-11(16)10-6-5-9(2)15-12(10)17/h5-6,13H,3-4,7-8H2,1-2H3,(H,14,16)(H,15,17). The molecule has 17 heavy (non-hydrogen) atoms. The molecule has 0 bridgehead atoms. The van der Waals surface area contributed by atoms with Gasteiger partial charge in [-0.15, -0.1) is 0 Å². The van der Waals surface area contributed by atoms with E-state index in [9.17, 15) is 9.59 Å². The molecule has 1 aromatic heterocycles. The quantitative estimate of drug-likeness (QED) is 0.627. The predicted octanol–water partition coefficient (Wildman–Crippen LogP) is 0.413. The Morgan fingerprint density at radius 2 is 2.12 bits per heavy atom. The molecule has 0 unspecified atom stereocenters. The molecule has 0 saturated heterocycles. The van der Waals surface area contributed by atoms with E-state index in [1.54, 1.807) is 19.1 Å². The molecule has 0 saturated carbocycles. The molecule has 1 heterocycles. The van der Waals surface area contributed by atoms with Gasteiger partial charge in [0, 0.05) is 12.2 Å². The largest absolute Gasteiger partial charge is 0.352 e. The molecule has 0 aromatic carbocycles. The van der Waals surface area contributed by atoms with E-state index in [0.29, 0.717) is 6.54 Å². The number of hydrogen-bond donors (Lipinski definition) is 3. The lowest BCUT2D eigenvalue weighted by Gasteiger charge is -2.05. The van der Waals surface area contributed by atoms with E-state index >= 15 is 0 Å². The molecule has 0 aliphatic rings. The van der Waals surface area contributed by atoms with Crippen LogP contribution in [0.4, 0.5) is 0 Å². The van der Waals surface area contributed by atoms with Crippen molar-refractivity contribution in [3.8, 4) is 0 Å². The highest BCUT2D eigenvalue weighted by atomic mass is 16.2. The number of H-pyrrole nitrogens is 1. The van der Waals surface area contributed by atoms with Gasteiger partial charge >= 0.3 is 0 Å². The Balaban J connectivity index is 2.45. The third-order valence-electron chi connectivity index (χ3n) is 2.37. The van der Waals surface area contributed by atoms with Crippen LogP contribution in [0.1, 0.15) is 29.4 Å². The predicted molar refractivity (Wildman–Crippen MR) is 67.3 cm³/mol. The highest BCUT2D eigenvalue weighted by Crippen LogP contribution is 1.93. The topological polar surface area (TPSA) is 74.0 Å². The van der Waals surface area contributed by atoms with Crippen molar-refractivity contribution >= 4 is 5.91 Å². The Hall–Kier alpha value is -1.62. The second kappa shape index (κ2) is 6.85. The molecule has 1 aromatic rings. The summed E-state index contributed by atoms with van der Waals surface area (Å²) in [6, 6.07) is 3.27. The number of nitrogens with one attached hydrogen (secondary N) is 3. The van der Waals surface area contributed by atoms with E-state index in [1.165, 1.54) is 0 Å². The summed E-state index contributed by atoms with van der Waals surface area (Å²) < 4.78 is 0. The number of pyridine rings is 1. The Morgan fingerprint density at radius 3 is 2.76 bits per heavy atom. The van der Waals surface area contributed by atoms with Gasteiger partial charge < -0.3 is 15.6 Å². The van der Waals surface area contributed by atoms with Gasteiger partial charge in [0.15, 0.2) is 0 Å². The van der Waals surface area contributed by atoms with E-state index in [-0.39, 0.29) is 17.0 Å².